The van der Waals surface area contributed by atoms with E-state index in [-0.39, 0.29) is 11.7 Å². The van der Waals surface area contributed by atoms with Gasteiger partial charge in [-0.15, -0.1) is 0 Å². The number of ketones is 1. The number of carbonyl (C=O) groups excluding carboxylic acids is 1. The fraction of sp³-hybridized carbons (Fsp3) is 0.381. The molecule has 2 aromatic carbocycles. The normalized spacial score (nSPS) is 11.5. The van der Waals surface area contributed by atoms with Crippen LogP contribution in [0.3, 0.4) is 0 Å². The van der Waals surface area contributed by atoms with Crippen molar-refractivity contribution in [3.8, 4) is 0 Å². The lowest BCUT2D eigenvalue weighted by atomic mass is 9.79. The first-order chi connectivity index (χ1) is 10.4. The number of carbonyl (C=O) groups is 1. The molecule has 1 heteroatoms. The molecule has 0 saturated carbocycles. The van der Waals surface area contributed by atoms with Crippen LogP contribution in [0, 0.1) is 0 Å². The first kappa shape index (κ1) is 16.5. The lowest BCUT2D eigenvalue weighted by molar-refractivity contribution is -0.117. The van der Waals surface area contributed by atoms with Gasteiger partial charge in [-0.25, -0.2) is 0 Å². The van der Waals surface area contributed by atoms with Crippen LogP contribution in [-0.4, -0.2) is 5.78 Å². The topological polar surface area (TPSA) is 17.1 Å². The van der Waals surface area contributed by atoms with Crippen LogP contribution in [0.15, 0.2) is 48.5 Å². The summed E-state index contributed by atoms with van der Waals surface area (Å²) >= 11 is 0. The molecular weight excluding hydrogens is 268 g/mol. The maximum Gasteiger partial charge on any atom is 0.141 e. The molecule has 0 aliphatic rings. The molecule has 0 aliphatic carbocycles. The Morgan fingerprint density at radius 1 is 0.682 bits per heavy atom. The van der Waals surface area contributed by atoms with Crippen molar-refractivity contribution in [1.82, 2.24) is 0 Å². The highest BCUT2D eigenvalue weighted by Crippen LogP contribution is 2.35. The molecule has 0 amide bonds. The lowest BCUT2D eigenvalue weighted by Gasteiger charge is -2.24. The second-order valence-corrected chi connectivity index (χ2v) is 6.61. The van der Waals surface area contributed by atoms with Crippen LogP contribution in [0.25, 0.3) is 0 Å². The molecule has 0 spiro atoms. The summed E-state index contributed by atoms with van der Waals surface area (Å²) in [5.74, 6) is 0.854. The monoisotopic (exact) mass is 294 g/mol. The lowest BCUT2D eigenvalue weighted by Crippen LogP contribution is -2.15. The fourth-order valence-corrected chi connectivity index (χ4v) is 3.20. The van der Waals surface area contributed by atoms with Crippen LogP contribution in [0.5, 0.6) is 0 Å². The maximum atomic E-state index is 12.5. The molecule has 0 bridgehead atoms. The highest BCUT2D eigenvalue weighted by molar-refractivity contribution is 5.87. The summed E-state index contributed by atoms with van der Waals surface area (Å²) in [6.07, 6.45) is 0. The van der Waals surface area contributed by atoms with Crippen molar-refractivity contribution in [3.05, 3.63) is 70.8 Å². The minimum Gasteiger partial charge on any atom is -0.299 e. The third kappa shape index (κ3) is 3.30. The average molecular weight is 294 g/mol. The smallest absolute Gasteiger partial charge is 0.141 e. The van der Waals surface area contributed by atoms with Crippen molar-refractivity contribution in [1.29, 1.82) is 0 Å². The van der Waals surface area contributed by atoms with Crippen molar-refractivity contribution < 1.29 is 4.79 Å². The Labute approximate surface area is 134 Å². The molecule has 1 nitrogen and oxygen atoms in total. The van der Waals surface area contributed by atoms with Crippen LogP contribution in [0.2, 0.25) is 0 Å². The third-order valence-corrected chi connectivity index (χ3v) is 4.26. The Morgan fingerprint density at radius 2 is 1.00 bits per heavy atom. The van der Waals surface area contributed by atoms with E-state index in [0.29, 0.717) is 11.8 Å². The van der Waals surface area contributed by atoms with Gasteiger partial charge < -0.3 is 0 Å². The predicted molar refractivity (Wildman–Crippen MR) is 93.6 cm³/mol. The number of hydrogen-bond acceptors (Lipinski definition) is 1. The van der Waals surface area contributed by atoms with Gasteiger partial charge in [0.25, 0.3) is 0 Å². The van der Waals surface area contributed by atoms with Gasteiger partial charge in [0.1, 0.15) is 5.78 Å². The molecule has 0 saturated heterocycles. The Morgan fingerprint density at radius 3 is 1.27 bits per heavy atom. The Bertz CT molecular complexity index is 601. The zero-order valence-electron chi connectivity index (χ0n) is 14.3. The van der Waals surface area contributed by atoms with E-state index >= 15 is 0 Å². The molecule has 0 fully saturated rings. The zero-order chi connectivity index (χ0) is 16.3. The van der Waals surface area contributed by atoms with E-state index in [0.717, 1.165) is 11.1 Å². The Balaban J connectivity index is 2.66. The van der Waals surface area contributed by atoms with Crippen molar-refractivity contribution in [3.63, 3.8) is 0 Å². The van der Waals surface area contributed by atoms with Gasteiger partial charge in [0.2, 0.25) is 0 Å². The molecule has 0 heterocycles. The molecule has 116 valence electrons. The van der Waals surface area contributed by atoms with Crippen LogP contribution < -0.4 is 0 Å². The van der Waals surface area contributed by atoms with Crippen molar-refractivity contribution in [2.24, 2.45) is 0 Å². The minimum atomic E-state index is -0.169. The van der Waals surface area contributed by atoms with Gasteiger partial charge in [0.05, 0.1) is 5.92 Å². The van der Waals surface area contributed by atoms with E-state index in [4.69, 9.17) is 0 Å². The van der Waals surface area contributed by atoms with Gasteiger partial charge >= 0.3 is 0 Å². The molecule has 0 aromatic heterocycles. The van der Waals surface area contributed by atoms with E-state index in [9.17, 15) is 4.79 Å². The standard InChI is InChI=1S/C21H26O/c1-14(2)17-10-6-8-12-19(17)21(16(5)22)20-13-9-7-11-18(20)15(3)4/h6-15,21H,1-5H3. The summed E-state index contributed by atoms with van der Waals surface area (Å²) in [5, 5.41) is 0. The highest BCUT2D eigenvalue weighted by atomic mass is 16.1. The molecule has 0 aliphatic heterocycles. The first-order valence-electron chi connectivity index (χ1n) is 8.11. The van der Waals surface area contributed by atoms with Gasteiger partial charge in [-0.2, -0.15) is 0 Å². The quantitative estimate of drug-likeness (QED) is 0.696. The molecule has 22 heavy (non-hydrogen) atoms. The van der Waals surface area contributed by atoms with Crippen molar-refractivity contribution in [2.75, 3.05) is 0 Å². The van der Waals surface area contributed by atoms with Crippen molar-refractivity contribution in [2.45, 2.75) is 52.4 Å². The average Bonchev–Trinajstić information content (AvgIpc) is 2.47. The number of benzene rings is 2. The molecule has 0 radical (unpaired) electrons. The number of rotatable bonds is 5. The summed E-state index contributed by atoms with van der Waals surface area (Å²) in [6, 6.07) is 16.7. The minimum absolute atomic E-state index is 0.169. The van der Waals surface area contributed by atoms with Gasteiger partial charge in [-0.1, -0.05) is 76.2 Å². The summed E-state index contributed by atoms with van der Waals surface area (Å²) in [5.41, 5.74) is 4.83. The van der Waals surface area contributed by atoms with Crippen LogP contribution >= 0.6 is 0 Å². The Kier molecular flexibility index (Phi) is 5.18. The Hall–Kier alpha value is -1.89. The van der Waals surface area contributed by atoms with E-state index in [1.807, 2.05) is 12.1 Å². The summed E-state index contributed by atoms with van der Waals surface area (Å²) in [6.45, 7) is 10.4. The molecule has 2 aromatic rings. The third-order valence-electron chi connectivity index (χ3n) is 4.26. The number of hydrogen-bond donors (Lipinski definition) is 0. The van der Waals surface area contributed by atoms with E-state index in [1.165, 1.54) is 11.1 Å². The number of Topliss-reactive ketones (excluding diaryl/α,β-unsaturated/α-hetero) is 1. The largest absolute Gasteiger partial charge is 0.299 e. The molecular formula is C21H26O. The van der Waals surface area contributed by atoms with E-state index < -0.39 is 0 Å². The van der Waals surface area contributed by atoms with Crippen LogP contribution in [0.1, 0.15) is 74.6 Å². The molecule has 2 rings (SSSR count). The van der Waals surface area contributed by atoms with Gasteiger partial charge in [-0.05, 0) is 41.0 Å². The van der Waals surface area contributed by atoms with E-state index in [1.54, 1.807) is 6.92 Å². The summed E-state index contributed by atoms with van der Waals surface area (Å²) in [7, 11) is 0. The summed E-state index contributed by atoms with van der Waals surface area (Å²) in [4.78, 5) is 12.5. The van der Waals surface area contributed by atoms with Gasteiger partial charge in [0.15, 0.2) is 0 Å². The molecule has 0 unspecified atom stereocenters. The highest BCUT2D eigenvalue weighted by Gasteiger charge is 2.25. The van der Waals surface area contributed by atoms with Crippen LogP contribution in [0.4, 0.5) is 0 Å². The molecule has 0 atom stereocenters. The maximum absolute atomic E-state index is 12.5. The van der Waals surface area contributed by atoms with E-state index in [2.05, 4.69) is 64.1 Å². The second-order valence-electron chi connectivity index (χ2n) is 6.61. The zero-order valence-corrected chi connectivity index (χ0v) is 14.3. The van der Waals surface area contributed by atoms with Crippen molar-refractivity contribution >= 4 is 5.78 Å². The molecule has 0 N–H and O–H groups in total. The summed E-state index contributed by atoms with van der Waals surface area (Å²) < 4.78 is 0. The van der Waals surface area contributed by atoms with Gasteiger partial charge in [0, 0.05) is 0 Å². The predicted octanol–water partition coefficient (Wildman–Crippen LogP) is 5.65. The second kappa shape index (κ2) is 6.91. The first-order valence-corrected chi connectivity index (χ1v) is 8.11. The van der Waals surface area contributed by atoms with Crippen LogP contribution in [-0.2, 0) is 4.79 Å². The fourth-order valence-electron chi connectivity index (χ4n) is 3.20. The van der Waals surface area contributed by atoms with Gasteiger partial charge in [-0.3, -0.25) is 4.79 Å². The SMILES string of the molecule is CC(=O)C(c1ccccc1C(C)C)c1ccccc1C(C)C.